The number of esters is 1. The largest absolute Gasteiger partial charge is 0.427 e. The molecule has 1 aliphatic rings. The number of Topliss-reactive ketones (excluding diaryl/α,β-unsaturated/α-hetero) is 1. The predicted molar refractivity (Wildman–Crippen MR) is 106 cm³/mol. The van der Waals surface area contributed by atoms with Gasteiger partial charge in [-0.3, -0.25) is 14.5 Å². The van der Waals surface area contributed by atoms with Gasteiger partial charge in [-0.1, -0.05) is 42.5 Å². The van der Waals surface area contributed by atoms with E-state index in [0.29, 0.717) is 24.4 Å². The average Bonchev–Trinajstić information content (AvgIpc) is 2.68. The van der Waals surface area contributed by atoms with E-state index in [4.69, 9.17) is 4.74 Å². The standard InChI is InChI=1S/C23H27NO3/c1-17(19-8-5-4-6-9-19)24(3)23(14-12-21(26)13-15-23)20-10-7-11-22(16-20)27-18(2)25/h4-11,16-17H,12-15H2,1-3H3. The zero-order valence-electron chi connectivity index (χ0n) is 16.3. The quantitative estimate of drug-likeness (QED) is 0.572. The Balaban J connectivity index is 2.00. The second kappa shape index (κ2) is 8.05. The third kappa shape index (κ3) is 4.11. The van der Waals surface area contributed by atoms with Gasteiger partial charge in [0.05, 0.1) is 0 Å². The molecule has 1 unspecified atom stereocenters. The van der Waals surface area contributed by atoms with Crippen molar-refractivity contribution in [2.24, 2.45) is 0 Å². The van der Waals surface area contributed by atoms with Crippen molar-refractivity contribution in [2.75, 3.05) is 7.05 Å². The molecule has 2 aromatic rings. The Bertz CT molecular complexity index is 805. The fraction of sp³-hybridized carbons (Fsp3) is 0.391. The SMILES string of the molecule is CC(=O)Oc1cccc(C2(N(C)C(C)c3ccccc3)CCC(=O)CC2)c1. The number of carbonyl (C=O) groups is 2. The molecule has 0 N–H and O–H groups in total. The zero-order chi connectivity index (χ0) is 19.4. The van der Waals surface area contributed by atoms with Gasteiger partial charge in [0.25, 0.3) is 0 Å². The molecule has 3 rings (SSSR count). The van der Waals surface area contributed by atoms with Gasteiger partial charge in [-0.2, -0.15) is 0 Å². The van der Waals surface area contributed by atoms with Crippen LogP contribution >= 0.6 is 0 Å². The highest BCUT2D eigenvalue weighted by atomic mass is 16.5. The molecule has 1 fully saturated rings. The van der Waals surface area contributed by atoms with Crippen LogP contribution in [-0.4, -0.2) is 23.7 Å². The molecule has 1 saturated carbocycles. The molecule has 0 bridgehead atoms. The summed E-state index contributed by atoms with van der Waals surface area (Å²) in [4.78, 5) is 25.7. The lowest BCUT2D eigenvalue weighted by atomic mass is 9.74. The van der Waals surface area contributed by atoms with E-state index in [9.17, 15) is 9.59 Å². The monoisotopic (exact) mass is 365 g/mol. The first kappa shape index (κ1) is 19.3. The van der Waals surface area contributed by atoms with Gasteiger partial charge < -0.3 is 4.74 Å². The summed E-state index contributed by atoms with van der Waals surface area (Å²) in [6.07, 6.45) is 2.68. The maximum Gasteiger partial charge on any atom is 0.308 e. The van der Waals surface area contributed by atoms with Crippen molar-refractivity contribution in [3.63, 3.8) is 0 Å². The van der Waals surface area contributed by atoms with E-state index in [0.717, 1.165) is 18.4 Å². The molecular formula is C23H27NO3. The third-order valence-electron chi connectivity index (χ3n) is 5.81. The highest BCUT2D eigenvalue weighted by Gasteiger charge is 2.42. The van der Waals surface area contributed by atoms with E-state index in [-0.39, 0.29) is 17.6 Å². The van der Waals surface area contributed by atoms with Crippen LogP contribution in [0.25, 0.3) is 0 Å². The van der Waals surface area contributed by atoms with Crippen molar-refractivity contribution in [1.82, 2.24) is 4.90 Å². The number of ketones is 1. The highest BCUT2D eigenvalue weighted by molar-refractivity contribution is 5.79. The van der Waals surface area contributed by atoms with Gasteiger partial charge in [-0.15, -0.1) is 0 Å². The number of nitrogens with zero attached hydrogens (tertiary/aromatic N) is 1. The van der Waals surface area contributed by atoms with E-state index >= 15 is 0 Å². The first-order chi connectivity index (χ1) is 12.9. The number of benzene rings is 2. The molecule has 27 heavy (non-hydrogen) atoms. The summed E-state index contributed by atoms with van der Waals surface area (Å²) in [6, 6.07) is 18.3. The van der Waals surface area contributed by atoms with Gasteiger partial charge in [0.2, 0.25) is 0 Å². The Morgan fingerprint density at radius 1 is 1.07 bits per heavy atom. The summed E-state index contributed by atoms with van der Waals surface area (Å²) in [5.41, 5.74) is 2.07. The van der Waals surface area contributed by atoms with Crippen LogP contribution in [0.2, 0.25) is 0 Å². The maximum absolute atomic E-state index is 12.0. The first-order valence-electron chi connectivity index (χ1n) is 9.51. The smallest absolute Gasteiger partial charge is 0.308 e. The fourth-order valence-corrected chi connectivity index (χ4v) is 4.13. The molecule has 142 valence electrons. The Morgan fingerprint density at radius 2 is 1.74 bits per heavy atom. The van der Waals surface area contributed by atoms with Crippen molar-refractivity contribution in [1.29, 1.82) is 0 Å². The molecule has 1 aliphatic carbocycles. The van der Waals surface area contributed by atoms with Crippen LogP contribution < -0.4 is 4.74 Å². The van der Waals surface area contributed by atoms with Crippen LogP contribution in [-0.2, 0) is 15.1 Å². The molecule has 1 atom stereocenters. The number of rotatable bonds is 5. The lowest BCUT2D eigenvalue weighted by Crippen LogP contribution is -2.47. The predicted octanol–water partition coefficient (Wildman–Crippen LogP) is 4.64. The van der Waals surface area contributed by atoms with Crippen LogP contribution in [0.3, 0.4) is 0 Å². The minimum atomic E-state index is -0.328. The lowest BCUT2D eigenvalue weighted by Gasteiger charge is -2.48. The van der Waals surface area contributed by atoms with Gasteiger partial charge in [0.1, 0.15) is 11.5 Å². The van der Waals surface area contributed by atoms with Crippen molar-refractivity contribution >= 4 is 11.8 Å². The van der Waals surface area contributed by atoms with E-state index in [1.54, 1.807) is 6.07 Å². The molecule has 0 aliphatic heterocycles. The van der Waals surface area contributed by atoms with Gasteiger partial charge in [0.15, 0.2) is 0 Å². The Kier molecular flexibility index (Phi) is 5.76. The molecule has 0 radical (unpaired) electrons. The van der Waals surface area contributed by atoms with E-state index in [1.807, 2.05) is 18.2 Å². The van der Waals surface area contributed by atoms with Gasteiger partial charge in [0, 0.05) is 31.3 Å². The normalized spacial score (nSPS) is 17.6. The maximum atomic E-state index is 12.0. The number of hydrogen-bond acceptors (Lipinski definition) is 4. The van der Waals surface area contributed by atoms with Crippen LogP contribution in [0.1, 0.15) is 56.7 Å². The number of hydrogen-bond donors (Lipinski definition) is 0. The summed E-state index contributed by atoms with van der Waals surface area (Å²) >= 11 is 0. The summed E-state index contributed by atoms with van der Waals surface area (Å²) < 4.78 is 5.31. The zero-order valence-corrected chi connectivity index (χ0v) is 16.3. The Hall–Kier alpha value is -2.46. The molecule has 0 heterocycles. The third-order valence-corrected chi connectivity index (χ3v) is 5.81. The molecule has 0 aromatic heterocycles. The highest BCUT2D eigenvalue weighted by Crippen LogP contribution is 2.45. The summed E-state index contributed by atoms with van der Waals surface area (Å²) in [6.45, 7) is 3.61. The molecule has 2 aromatic carbocycles. The number of ether oxygens (including phenoxy) is 1. The minimum absolute atomic E-state index is 0.191. The molecule has 4 nitrogen and oxygen atoms in total. The Morgan fingerprint density at radius 3 is 2.37 bits per heavy atom. The van der Waals surface area contributed by atoms with Crippen molar-refractivity contribution in [3.8, 4) is 5.75 Å². The van der Waals surface area contributed by atoms with Crippen molar-refractivity contribution in [2.45, 2.75) is 51.1 Å². The Labute approximate surface area is 161 Å². The van der Waals surface area contributed by atoms with Crippen molar-refractivity contribution < 1.29 is 14.3 Å². The lowest BCUT2D eigenvalue weighted by molar-refractivity contribution is -0.131. The van der Waals surface area contributed by atoms with Crippen molar-refractivity contribution in [3.05, 3.63) is 65.7 Å². The summed E-state index contributed by atoms with van der Waals surface area (Å²) in [7, 11) is 2.13. The molecule has 0 amide bonds. The molecule has 0 spiro atoms. The molecular weight excluding hydrogens is 338 g/mol. The summed E-state index contributed by atoms with van der Waals surface area (Å²) in [5.74, 6) is 0.547. The van der Waals surface area contributed by atoms with E-state index < -0.39 is 0 Å². The van der Waals surface area contributed by atoms with Crippen LogP contribution in [0.15, 0.2) is 54.6 Å². The van der Waals surface area contributed by atoms with E-state index in [2.05, 4.69) is 49.2 Å². The second-order valence-corrected chi connectivity index (χ2v) is 7.39. The van der Waals surface area contributed by atoms with Gasteiger partial charge in [-0.05, 0) is 50.1 Å². The van der Waals surface area contributed by atoms with Gasteiger partial charge >= 0.3 is 5.97 Å². The van der Waals surface area contributed by atoms with Gasteiger partial charge in [-0.25, -0.2) is 0 Å². The minimum Gasteiger partial charge on any atom is -0.427 e. The van der Waals surface area contributed by atoms with Crippen LogP contribution in [0, 0.1) is 0 Å². The molecule has 0 saturated heterocycles. The fourth-order valence-electron chi connectivity index (χ4n) is 4.13. The average molecular weight is 365 g/mol. The first-order valence-corrected chi connectivity index (χ1v) is 9.51. The molecule has 4 heteroatoms. The van der Waals surface area contributed by atoms with Crippen LogP contribution in [0.5, 0.6) is 5.75 Å². The topological polar surface area (TPSA) is 46.6 Å². The second-order valence-electron chi connectivity index (χ2n) is 7.39. The van der Waals surface area contributed by atoms with Crippen LogP contribution in [0.4, 0.5) is 0 Å². The summed E-state index contributed by atoms with van der Waals surface area (Å²) in [5, 5.41) is 0. The van der Waals surface area contributed by atoms with E-state index in [1.165, 1.54) is 12.5 Å². The number of carbonyl (C=O) groups excluding carboxylic acids is 2.